The molecule has 6 atom stereocenters. The SMILES string of the molecule is CC(C)(C)S(=O)(=O)NC1CCC(C(=O)Nc2ccc(F)c(F)c2F)CC1.CC(C)(C)S(=O)(=O)NC1CCC(C(=O)Nc2ccccc2C(F)(F)F)CC1.C[C@@H]1CN(c2ccc(NC(=O)C3CCC(NS(=O)(=O)C(C)(C)C)CC3)cc2Cl)C[C@H](C)O1.C[C@@H]1CN(c2ccc(NC(=O)C3CCC(NS(=O)(=O)C(C)(C)C)CC3)cc2F)C[C@H](C)O1.Cc1cc(NC(=O)C2CCC(NS(=O)(=O)C(C)(C)C)CC2)ccc1N1C[C@@H](C)O[C@@H](C)C1. The Balaban J connectivity index is 0.000000207. The summed E-state index contributed by atoms with van der Waals surface area (Å²) in [4.78, 5) is 69.5. The minimum absolute atomic E-state index is 0.0166. The number of morpholine rings is 3. The Kier molecular flexibility index (Phi) is 43.2. The minimum atomic E-state index is -4.55. The van der Waals surface area contributed by atoms with E-state index >= 15 is 0 Å². The molecule has 5 amide bonds. The summed E-state index contributed by atoms with van der Waals surface area (Å²) in [7, 11) is -17.1. The number of ether oxygens (including phenoxy) is 3. The highest BCUT2D eigenvalue weighted by Gasteiger charge is 2.43. The van der Waals surface area contributed by atoms with Crippen molar-refractivity contribution in [3.05, 3.63) is 130 Å². The molecule has 149 heavy (non-hydrogen) atoms. The van der Waals surface area contributed by atoms with Crippen LogP contribution < -0.4 is 64.9 Å². The van der Waals surface area contributed by atoms with Crippen molar-refractivity contribution in [1.29, 1.82) is 0 Å². The fraction of sp³-hybridized carbons (Fsp3) is 0.667. The quantitative estimate of drug-likeness (QED) is 0.0214. The van der Waals surface area contributed by atoms with E-state index in [1.807, 2.05) is 56.9 Å². The van der Waals surface area contributed by atoms with E-state index in [-0.39, 0.29) is 114 Å². The van der Waals surface area contributed by atoms with E-state index in [9.17, 15) is 96.8 Å². The lowest BCUT2D eigenvalue weighted by Crippen LogP contribution is -2.46. The first kappa shape index (κ1) is 125. The number of carbonyl (C=O) groups is 5. The van der Waals surface area contributed by atoms with E-state index in [0.717, 1.165) is 61.3 Å². The van der Waals surface area contributed by atoms with Gasteiger partial charge < -0.3 is 55.5 Å². The summed E-state index contributed by atoms with van der Waals surface area (Å²) in [5.74, 6) is -7.24. The van der Waals surface area contributed by atoms with E-state index in [1.54, 1.807) is 122 Å². The van der Waals surface area contributed by atoms with Crippen LogP contribution in [0.3, 0.4) is 0 Å². The molecule has 5 saturated carbocycles. The van der Waals surface area contributed by atoms with Gasteiger partial charge in [0.1, 0.15) is 5.82 Å². The number of aryl methyl sites for hydroxylation is 1. The van der Waals surface area contributed by atoms with E-state index in [0.29, 0.717) is 164 Å². The molecule has 8 fully saturated rings. The number of nitrogens with zero attached hydrogens (tertiary/aromatic N) is 3. The molecule has 5 aliphatic carbocycles. The number of anilines is 8. The zero-order valence-electron chi connectivity index (χ0n) is 90.0. The normalized spacial score (nSPS) is 25.2. The van der Waals surface area contributed by atoms with Crippen molar-refractivity contribution in [2.75, 3.05) is 80.6 Å². The average molecular weight is 2220 g/mol. The third kappa shape index (κ3) is 35.8. The molecule has 5 aromatic rings. The van der Waals surface area contributed by atoms with Gasteiger partial charge in [0.25, 0.3) is 0 Å². The lowest BCUT2D eigenvalue weighted by atomic mass is 9.86. The Labute approximate surface area is 883 Å². The highest BCUT2D eigenvalue weighted by molar-refractivity contribution is 7.92. The third-order valence-electron chi connectivity index (χ3n) is 28.1. The third-order valence-corrected chi connectivity index (χ3v) is 39.7. The monoisotopic (exact) mass is 2220 g/mol. The van der Waals surface area contributed by atoms with Gasteiger partial charge in [0.05, 0.1) is 93.7 Å². The van der Waals surface area contributed by atoms with Gasteiger partial charge in [-0.25, -0.2) is 83.3 Å². The maximum absolute atomic E-state index is 14.8. The molecule has 44 heteroatoms. The summed E-state index contributed by atoms with van der Waals surface area (Å²) in [5.41, 5.74) is 4.12. The lowest BCUT2D eigenvalue weighted by Gasteiger charge is -2.37. The molecular formula is C105H159ClF7N13O18S5. The molecule has 31 nitrogen and oxygen atoms in total. The minimum Gasteiger partial charge on any atom is -0.372 e. The van der Waals surface area contributed by atoms with Crippen LogP contribution in [0.1, 0.15) is 285 Å². The van der Waals surface area contributed by atoms with Crippen LogP contribution in [0.4, 0.5) is 76.2 Å². The van der Waals surface area contributed by atoms with E-state index in [2.05, 4.69) is 86.8 Å². The number of alkyl halides is 3. The first-order valence-electron chi connectivity index (χ1n) is 51.6. The molecule has 0 aromatic heterocycles. The second kappa shape index (κ2) is 51.6. The Hall–Kier alpha value is -7.92. The molecule has 3 saturated heterocycles. The molecule has 0 radical (unpaired) electrons. The number of rotatable bonds is 23. The van der Waals surface area contributed by atoms with Crippen molar-refractivity contribution in [3.8, 4) is 0 Å². The fourth-order valence-corrected chi connectivity index (χ4v) is 24.3. The maximum Gasteiger partial charge on any atom is 0.418 e. The Morgan fingerprint density at radius 1 is 0.309 bits per heavy atom. The van der Waals surface area contributed by atoms with Crippen molar-refractivity contribution >= 4 is 137 Å². The van der Waals surface area contributed by atoms with Crippen molar-refractivity contribution in [2.24, 2.45) is 29.6 Å². The number of hydrogen-bond acceptors (Lipinski definition) is 21. The molecule has 13 rings (SSSR count). The second-order valence-electron chi connectivity index (χ2n) is 45.9. The summed E-state index contributed by atoms with van der Waals surface area (Å²) in [6.07, 6.45) is 7.41. The largest absolute Gasteiger partial charge is 0.418 e. The standard InChI is InChI=1S/C24H39N3O4S.C23H36ClN3O4S.C23H36FN3O4S.C18H25F3N2O3S.C17H23F3N2O3S/c1-16-13-21(11-12-22(16)27-14-17(2)31-18(3)15-27)25-23(28)19-7-9-20(10-8-19)26-32(29,30)24(4,5)6;2*1-15-13-27(14-16(2)31-15)21-11-10-19(12-20(21)24)25-22(28)17-6-8-18(9-7-17)26-32(29,30)23(3,4)5;1-17(2,3)27(25,26)23-13-10-8-12(9-11-13)16(24)22-15-7-5-4-6-14(15)18(19,20)21;1-17(2,3)26(24,25)22-11-6-4-10(5-7-11)16(23)21-13-9-8-12(18)14(19)15(13)20/h11-13,17-20,26H,7-10,14-15H2,1-6H3,(H,25,28);2*10-12,15-18,26H,6-9,13-14H2,1-5H3,(H,25,28);4-7,12-13,23H,8-11H2,1-3H3,(H,22,24);8-11,22H,4-7H2,1-3H3,(H,21,23)/t17-,18+,19?,20?;2*15-,16+,17?,18?;;. The van der Waals surface area contributed by atoms with E-state index < -0.39 is 132 Å². The fourth-order valence-electron chi connectivity index (χ4n) is 18.9. The van der Waals surface area contributed by atoms with Crippen LogP contribution in [0.15, 0.2) is 91.0 Å². The van der Waals surface area contributed by atoms with Crippen LogP contribution in [-0.2, 0) is 94.5 Å². The van der Waals surface area contributed by atoms with Crippen molar-refractivity contribution < 1.29 is 111 Å². The van der Waals surface area contributed by atoms with Gasteiger partial charge in [-0.1, -0.05) is 23.7 Å². The van der Waals surface area contributed by atoms with Crippen LogP contribution >= 0.6 is 11.6 Å². The number of hydrogen-bond donors (Lipinski definition) is 10. The lowest BCUT2D eigenvalue weighted by molar-refractivity contribution is -0.137. The number of halogens is 8. The van der Waals surface area contributed by atoms with Gasteiger partial charge in [-0.3, -0.25) is 24.0 Å². The molecule has 8 aliphatic rings. The second-order valence-corrected chi connectivity index (χ2v) is 58.7. The van der Waals surface area contributed by atoms with Crippen LogP contribution in [0, 0.1) is 59.8 Å². The van der Waals surface area contributed by atoms with Gasteiger partial charge >= 0.3 is 6.18 Å². The average Bonchev–Trinajstić information content (AvgIpc) is 0.857. The highest BCUT2D eigenvalue weighted by Crippen LogP contribution is 2.41. The van der Waals surface area contributed by atoms with E-state index in [1.165, 1.54) is 30.0 Å². The van der Waals surface area contributed by atoms with Crippen molar-refractivity contribution in [1.82, 2.24) is 23.6 Å². The van der Waals surface area contributed by atoms with Crippen LogP contribution in [-0.4, -0.2) is 201 Å². The molecular weight excluding hydrogens is 2060 g/mol. The Bertz CT molecular complexity index is 5620. The van der Waals surface area contributed by atoms with Gasteiger partial charge in [-0.05, 0) is 365 Å². The predicted molar refractivity (Wildman–Crippen MR) is 574 cm³/mol. The summed E-state index contributed by atoms with van der Waals surface area (Å²) in [5, 5.41) is 14.1. The summed E-state index contributed by atoms with van der Waals surface area (Å²) >= 11 is 6.55. The molecule has 3 heterocycles. The summed E-state index contributed by atoms with van der Waals surface area (Å²) in [6, 6.07) is 22.2. The number of nitrogens with one attached hydrogen (secondary N) is 10. The molecule has 838 valence electrons. The van der Waals surface area contributed by atoms with Gasteiger partial charge in [0.15, 0.2) is 17.5 Å². The van der Waals surface area contributed by atoms with Gasteiger partial charge in [0, 0.05) is 122 Å². The van der Waals surface area contributed by atoms with Gasteiger partial charge in [-0.15, -0.1) is 0 Å². The first-order chi connectivity index (χ1) is 68.8. The summed E-state index contributed by atoms with van der Waals surface area (Å²) < 4.78 is 243. The van der Waals surface area contributed by atoms with E-state index in [4.69, 9.17) is 25.8 Å². The molecule has 3 aliphatic heterocycles. The van der Waals surface area contributed by atoms with Crippen molar-refractivity contribution in [2.45, 2.75) is 377 Å². The van der Waals surface area contributed by atoms with Crippen LogP contribution in [0.5, 0.6) is 0 Å². The maximum atomic E-state index is 14.8. The molecule has 5 aromatic carbocycles. The number of carbonyl (C=O) groups excluding carboxylic acids is 5. The Morgan fingerprint density at radius 3 is 0.846 bits per heavy atom. The van der Waals surface area contributed by atoms with Gasteiger partial charge in [0.2, 0.25) is 79.7 Å². The molecule has 0 unspecified atom stereocenters. The molecule has 0 bridgehead atoms. The first-order valence-corrected chi connectivity index (χ1v) is 59.4. The topological polar surface area (TPSA) is 414 Å². The molecule has 0 spiro atoms. The predicted octanol–water partition coefficient (Wildman–Crippen LogP) is 18.9. The zero-order valence-corrected chi connectivity index (χ0v) is 94.9. The number of amides is 5. The van der Waals surface area contributed by atoms with Crippen LogP contribution in [0.2, 0.25) is 5.02 Å². The molecule has 10 N–H and O–H groups in total. The summed E-state index contributed by atoms with van der Waals surface area (Å²) in [6.45, 7) is 43.6. The number of benzene rings is 5. The Morgan fingerprint density at radius 2 is 0.564 bits per heavy atom. The zero-order chi connectivity index (χ0) is 111. The van der Waals surface area contributed by atoms with Crippen molar-refractivity contribution in [3.63, 3.8) is 0 Å². The van der Waals surface area contributed by atoms with Crippen LogP contribution in [0.25, 0.3) is 0 Å². The number of para-hydroxylation sites is 1. The smallest absolute Gasteiger partial charge is 0.372 e. The number of sulfonamides is 5. The highest BCUT2D eigenvalue weighted by atomic mass is 35.5. The van der Waals surface area contributed by atoms with Gasteiger partial charge in [-0.2, -0.15) is 13.2 Å².